The molecule has 0 aliphatic carbocycles. The molecule has 2 rings (SSSR count). The van der Waals surface area contributed by atoms with Crippen LogP contribution in [0.15, 0.2) is 30.6 Å². The first-order chi connectivity index (χ1) is 10.7. The molecule has 0 unspecified atom stereocenters. The van der Waals surface area contributed by atoms with E-state index in [9.17, 15) is 4.79 Å². The minimum Gasteiger partial charge on any atom is -0.491 e. The molecule has 7 nitrogen and oxygen atoms in total. The van der Waals surface area contributed by atoms with Gasteiger partial charge in [-0.25, -0.2) is 9.78 Å². The molecule has 0 fully saturated rings. The van der Waals surface area contributed by atoms with E-state index in [0.29, 0.717) is 17.9 Å². The molecule has 0 atom stereocenters. The summed E-state index contributed by atoms with van der Waals surface area (Å²) in [6.45, 7) is 0.539. The first-order valence-corrected chi connectivity index (χ1v) is 6.36. The minimum absolute atomic E-state index is 0.0810. The number of nitriles is 2. The average Bonchev–Trinajstić information content (AvgIpc) is 2.96. The predicted molar refractivity (Wildman–Crippen MR) is 74.9 cm³/mol. The topological polar surface area (TPSA) is 101 Å². The molecule has 0 radical (unpaired) electrons. The highest BCUT2D eigenvalue weighted by atomic mass is 16.5. The fourth-order valence-electron chi connectivity index (χ4n) is 1.88. The first kappa shape index (κ1) is 15.1. The van der Waals surface area contributed by atoms with E-state index in [1.807, 2.05) is 12.1 Å². The zero-order chi connectivity index (χ0) is 15.9. The number of ether oxygens (including phenoxy) is 2. The number of benzene rings is 1. The van der Waals surface area contributed by atoms with E-state index in [4.69, 9.17) is 15.3 Å². The molecule has 1 heterocycles. The lowest BCUT2D eigenvalue weighted by molar-refractivity contribution is 0.0596. The van der Waals surface area contributed by atoms with Gasteiger partial charge in [-0.1, -0.05) is 12.1 Å². The van der Waals surface area contributed by atoms with Gasteiger partial charge in [0, 0.05) is 0 Å². The summed E-state index contributed by atoms with van der Waals surface area (Å²) >= 11 is 0. The van der Waals surface area contributed by atoms with Crippen LogP contribution in [0.5, 0.6) is 5.75 Å². The molecule has 1 aromatic carbocycles. The second-order valence-corrected chi connectivity index (χ2v) is 4.19. The molecule has 0 bridgehead atoms. The number of imidazole rings is 1. The van der Waals surface area contributed by atoms with Gasteiger partial charge in [-0.15, -0.1) is 0 Å². The zero-order valence-corrected chi connectivity index (χ0v) is 11.8. The summed E-state index contributed by atoms with van der Waals surface area (Å²) in [4.78, 5) is 15.5. The molecule has 22 heavy (non-hydrogen) atoms. The normalized spacial score (nSPS) is 9.59. The highest BCUT2D eigenvalue weighted by Gasteiger charge is 2.13. The third kappa shape index (κ3) is 3.05. The molecule has 2 aromatic rings. The van der Waals surface area contributed by atoms with Crippen LogP contribution in [0.3, 0.4) is 0 Å². The maximum absolute atomic E-state index is 11.6. The van der Waals surface area contributed by atoms with Gasteiger partial charge in [0.1, 0.15) is 30.1 Å². The van der Waals surface area contributed by atoms with Crippen LogP contribution in [0.1, 0.15) is 21.7 Å². The van der Waals surface area contributed by atoms with Crippen molar-refractivity contribution in [2.45, 2.75) is 6.54 Å². The van der Waals surface area contributed by atoms with Gasteiger partial charge < -0.3 is 14.0 Å². The molecule has 0 saturated carbocycles. The van der Waals surface area contributed by atoms with Crippen LogP contribution in [-0.4, -0.2) is 29.2 Å². The summed E-state index contributed by atoms with van der Waals surface area (Å²) in [5, 5.41) is 17.9. The zero-order valence-electron chi connectivity index (χ0n) is 11.8. The number of methoxy groups -OCH3 is 1. The maximum atomic E-state index is 11.6. The summed E-state index contributed by atoms with van der Waals surface area (Å²) < 4.78 is 11.8. The van der Waals surface area contributed by atoms with Crippen LogP contribution < -0.4 is 4.74 Å². The van der Waals surface area contributed by atoms with Gasteiger partial charge in [-0.05, 0) is 12.1 Å². The van der Waals surface area contributed by atoms with Gasteiger partial charge in [0.15, 0.2) is 11.4 Å². The van der Waals surface area contributed by atoms with Crippen LogP contribution >= 0.6 is 0 Å². The Labute approximate surface area is 126 Å². The number of para-hydroxylation sites is 1. The fourth-order valence-corrected chi connectivity index (χ4v) is 1.88. The van der Waals surface area contributed by atoms with E-state index >= 15 is 0 Å². The smallest absolute Gasteiger partial charge is 0.341 e. The number of esters is 1. The number of hydrogen-bond acceptors (Lipinski definition) is 6. The molecular weight excluding hydrogens is 284 g/mol. The fraction of sp³-hybridized carbons (Fsp3) is 0.200. The maximum Gasteiger partial charge on any atom is 0.341 e. The van der Waals surface area contributed by atoms with Gasteiger partial charge >= 0.3 is 5.97 Å². The Hall–Kier alpha value is -3.32. The van der Waals surface area contributed by atoms with Crippen LogP contribution in [0.2, 0.25) is 0 Å². The summed E-state index contributed by atoms with van der Waals surface area (Å²) in [5.41, 5.74) is 0.596. The van der Waals surface area contributed by atoms with E-state index in [1.165, 1.54) is 18.0 Å². The van der Waals surface area contributed by atoms with Gasteiger partial charge in [-0.2, -0.15) is 10.5 Å². The number of carbonyl (C=O) groups excluding carboxylic acids is 1. The first-order valence-electron chi connectivity index (χ1n) is 6.36. The number of carbonyl (C=O) groups is 1. The van der Waals surface area contributed by atoms with Crippen molar-refractivity contribution in [3.63, 3.8) is 0 Å². The average molecular weight is 296 g/mol. The van der Waals surface area contributed by atoms with E-state index in [1.54, 1.807) is 24.3 Å². The predicted octanol–water partition coefficient (Wildman–Crippen LogP) is 1.49. The standard InChI is InChI=1S/C15H12N4O3/c1-21-15(20)11-4-2-3-5-14(11)22-7-6-19-10-18-12(8-16)13(19)9-17/h2-5,10H,6-7H2,1H3. The lowest BCUT2D eigenvalue weighted by Crippen LogP contribution is -2.11. The Morgan fingerprint density at radius 3 is 2.77 bits per heavy atom. The SMILES string of the molecule is COC(=O)c1ccccc1OCCn1cnc(C#N)c1C#N. The van der Waals surface area contributed by atoms with Crippen molar-refractivity contribution in [2.24, 2.45) is 0 Å². The second kappa shape index (κ2) is 6.91. The number of aromatic nitrogens is 2. The van der Waals surface area contributed by atoms with Crippen molar-refractivity contribution in [1.82, 2.24) is 9.55 Å². The van der Waals surface area contributed by atoms with E-state index < -0.39 is 5.97 Å². The molecule has 7 heteroatoms. The van der Waals surface area contributed by atoms with E-state index in [0.717, 1.165) is 0 Å². The summed E-state index contributed by atoms with van der Waals surface area (Å²) in [5.74, 6) is -0.0869. The van der Waals surface area contributed by atoms with Crippen molar-refractivity contribution >= 4 is 5.97 Å². The monoisotopic (exact) mass is 296 g/mol. The van der Waals surface area contributed by atoms with Crippen LogP contribution in [0.4, 0.5) is 0 Å². The van der Waals surface area contributed by atoms with E-state index in [2.05, 4.69) is 9.72 Å². The van der Waals surface area contributed by atoms with E-state index in [-0.39, 0.29) is 18.0 Å². The molecule has 0 amide bonds. The van der Waals surface area contributed by atoms with Gasteiger partial charge in [-0.3, -0.25) is 0 Å². The Bertz CT molecular complexity index is 768. The third-order valence-electron chi connectivity index (χ3n) is 2.93. The number of nitrogens with zero attached hydrogens (tertiary/aromatic N) is 4. The van der Waals surface area contributed by atoms with Gasteiger partial charge in [0.2, 0.25) is 0 Å². The van der Waals surface area contributed by atoms with Crippen molar-refractivity contribution in [3.8, 4) is 17.9 Å². The molecule has 0 saturated heterocycles. The van der Waals surface area contributed by atoms with Crippen LogP contribution in [0, 0.1) is 22.7 Å². The summed E-state index contributed by atoms with van der Waals surface area (Å²) in [6, 6.07) is 10.5. The molecule has 0 spiro atoms. The Kier molecular flexibility index (Phi) is 4.74. The molecule has 110 valence electrons. The number of hydrogen-bond donors (Lipinski definition) is 0. The second-order valence-electron chi connectivity index (χ2n) is 4.19. The molecular formula is C15H12N4O3. The summed E-state index contributed by atoms with van der Waals surface area (Å²) in [7, 11) is 1.30. The van der Waals surface area contributed by atoms with Crippen LogP contribution in [-0.2, 0) is 11.3 Å². The van der Waals surface area contributed by atoms with Crippen LogP contribution in [0.25, 0.3) is 0 Å². The largest absolute Gasteiger partial charge is 0.491 e. The number of rotatable bonds is 5. The Morgan fingerprint density at radius 2 is 2.09 bits per heavy atom. The molecule has 0 N–H and O–H groups in total. The van der Waals surface area contributed by atoms with Crippen molar-refractivity contribution in [3.05, 3.63) is 47.5 Å². The van der Waals surface area contributed by atoms with Crippen molar-refractivity contribution in [1.29, 1.82) is 10.5 Å². The minimum atomic E-state index is -0.484. The Morgan fingerprint density at radius 1 is 1.32 bits per heavy atom. The molecule has 0 aliphatic heterocycles. The van der Waals surface area contributed by atoms with Gasteiger partial charge in [0.25, 0.3) is 0 Å². The highest BCUT2D eigenvalue weighted by Crippen LogP contribution is 2.18. The lowest BCUT2D eigenvalue weighted by Gasteiger charge is -2.10. The van der Waals surface area contributed by atoms with Crippen molar-refractivity contribution < 1.29 is 14.3 Å². The lowest BCUT2D eigenvalue weighted by atomic mass is 10.2. The Balaban J connectivity index is 2.07. The van der Waals surface area contributed by atoms with Gasteiger partial charge in [0.05, 0.1) is 20.0 Å². The van der Waals surface area contributed by atoms with Crippen molar-refractivity contribution in [2.75, 3.05) is 13.7 Å². The molecule has 0 aliphatic rings. The third-order valence-corrected chi connectivity index (χ3v) is 2.93. The highest BCUT2D eigenvalue weighted by molar-refractivity contribution is 5.92. The molecule has 1 aromatic heterocycles. The quantitative estimate of drug-likeness (QED) is 0.775. The summed E-state index contributed by atoms with van der Waals surface area (Å²) in [6.07, 6.45) is 1.41.